The highest BCUT2D eigenvalue weighted by Crippen LogP contribution is 2.39. The Kier molecular flexibility index (Phi) is 9.08. The zero-order chi connectivity index (χ0) is 30.7. The van der Waals surface area contributed by atoms with Crippen LogP contribution in [0.2, 0.25) is 25.7 Å². The van der Waals surface area contributed by atoms with Crippen molar-refractivity contribution < 1.29 is 22.3 Å². The molecule has 0 spiro atoms. The quantitative estimate of drug-likeness (QED) is 0.198. The van der Waals surface area contributed by atoms with Crippen LogP contribution in [0.3, 0.4) is 0 Å². The Balaban J connectivity index is 1.93. The largest absolute Gasteiger partial charge is 0.494 e. The molecule has 42 heavy (non-hydrogen) atoms. The van der Waals surface area contributed by atoms with E-state index in [0.29, 0.717) is 40.2 Å². The fourth-order valence-corrected chi connectivity index (χ4v) is 7.04. The molecule has 0 aliphatic heterocycles. The third-order valence-corrected chi connectivity index (χ3v) is 10.7. The van der Waals surface area contributed by atoms with E-state index in [-0.39, 0.29) is 24.7 Å². The summed E-state index contributed by atoms with van der Waals surface area (Å²) in [6.07, 6.45) is 3.20. The fourth-order valence-electron chi connectivity index (χ4n) is 4.49. The highest BCUT2D eigenvalue weighted by atomic mass is 32.2. The number of rotatable bonds is 12. The number of nitrogens with zero attached hydrogens (tertiary/aromatic N) is 6. The van der Waals surface area contributed by atoms with Crippen molar-refractivity contribution in [1.29, 1.82) is 5.26 Å². The van der Waals surface area contributed by atoms with Gasteiger partial charge in [-0.3, -0.25) is 9.55 Å². The van der Waals surface area contributed by atoms with Crippen molar-refractivity contribution in [2.24, 2.45) is 0 Å². The van der Waals surface area contributed by atoms with Crippen LogP contribution in [0.15, 0.2) is 53.3 Å². The molecule has 1 aromatic carbocycles. The van der Waals surface area contributed by atoms with E-state index >= 15 is 0 Å². The summed E-state index contributed by atoms with van der Waals surface area (Å²) in [5.41, 5.74) is 2.04. The molecule has 3 heterocycles. The van der Waals surface area contributed by atoms with Crippen molar-refractivity contribution in [2.45, 2.75) is 51.2 Å². The third kappa shape index (κ3) is 6.34. The van der Waals surface area contributed by atoms with Crippen LogP contribution in [-0.2, 0) is 16.4 Å². The number of sulfonamides is 1. The van der Waals surface area contributed by atoms with E-state index < -0.39 is 23.3 Å². The normalized spacial score (nSPS) is 12.5. The average Bonchev–Trinajstić information content (AvgIpc) is 3.63. The molecule has 3 aromatic heterocycles. The summed E-state index contributed by atoms with van der Waals surface area (Å²) in [5, 5.41) is 17.6. The smallest absolute Gasteiger partial charge is 0.246 e. The summed E-state index contributed by atoms with van der Waals surface area (Å²) in [7, 11) is -2.74. The number of ether oxygens (including phenoxy) is 2. The highest BCUT2D eigenvalue weighted by Gasteiger charge is 2.37. The minimum Gasteiger partial charge on any atom is -0.494 e. The Bertz CT molecular complexity index is 1670. The van der Waals surface area contributed by atoms with E-state index in [2.05, 4.69) is 40.9 Å². The number of aryl methyl sites for hydroxylation is 1. The molecule has 0 unspecified atom stereocenters. The zero-order valence-corrected chi connectivity index (χ0v) is 26.8. The molecule has 1 atom stereocenters. The van der Waals surface area contributed by atoms with E-state index in [1.54, 1.807) is 54.1 Å². The maximum atomic E-state index is 14.5. The molecular formula is C29H36N6O5SSi. The number of para-hydroxylation sites is 1. The van der Waals surface area contributed by atoms with Gasteiger partial charge in [-0.15, -0.1) is 10.2 Å². The fraction of sp³-hybridized carbons (Fsp3) is 0.379. The second-order valence-electron chi connectivity index (χ2n) is 11.2. The first-order valence-electron chi connectivity index (χ1n) is 13.5. The van der Waals surface area contributed by atoms with Crippen LogP contribution in [0.4, 0.5) is 5.95 Å². The van der Waals surface area contributed by atoms with Gasteiger partial charge in [0, 0.05) is 27.2 Å². The predicted octanol–water partition coefficient (Wildman–Crippen LogP) is 5.23. The SMILES string of the molecule is COc1cccc(OC)c1-n1c(-c2ccco2)nnc1N(CC[Si](C)(C)C)S(=O)(=O)[C@@H](C)Cc1ncc(C)cc1C#N. The summed E-state index contributed by atoms with van der Waals surface area (Å²) in [4.78, 5) is 4.39. The molecule has 0 N–H and O–H groups in total. The van der Waals surface area contributed by atoms with E-state index in [1.165, 1.54) is 24.8 Å². The molecule has 0 saturated carbocycles. The van der Waals surface area contributed by atoms with Crippen LogP contribution < -0.4 is 13.8 Å². The number of hydrogen-bond donors (Lipinski definition) is 0. The zero-order valence-electron chi connectivity index (χ0n) is 25.0. The van der Waals surface area contributed by atoms with Crippen molar-refractivity contribution in [1.82, 2.24) is 19.7 Å². The van der Waals surface area contributed by atoms with Gasteiger partial charge in [0.15, 0.2) is 5.76 Å². The second kappa shape index (κ2) is 12.4. The lowest BCUT2D eigenvalue weighted by atomic mass is 10.1. The summed E-state index contributed by atoms with van der Waals surface area (Å²) in [5.74, 6) is 1.61. The number of pyridine rings is 1. The van der Waals surface area contributed by atoms with Gasteiger partial charge in [-0.1, -0.05) is 25.7 Å². The number of aromatic nitrogens is 4. The minimum atomic E-state index is -4.06. The summed E-state index contributed by atoms with van der Waals surface area (Å²) in [6, 6.07) is 13.3. The van der Waals surface area contributed by atoms with Gasteiger partial charge >= 0.3 is 0 Å². The summed E-state index contributed by atoms with van der Waals surface area (Å²) in [6.45, 7) is 10.2. The van der Waals surface area contributed by atoms with Gasteiger partial charge in [0.2, 0.25) is 21.8 Å². The predicted molar refractivity (Wildman–Crippen MR) is 163 cm³/mol. The molecular weight excluding hydrogens is 573 g/mol. The molecule has 4 aromatic rings. The van der Waals surface area contributed by atoms with Crippen LogP contribution in [0.5, 0.6) is 11.5 Å². The van der Waals surface area contributed by atoms with E-state index in [0.717, 1.165) is 5.56 Å². The van der Waals surface area contributed by atoms with Gasteiger partial charge in [0.05, 0.1) is 37.0 Å². The van der Waals surface area contributed by atoms with Crippen LogP contribution in [-0.4, -0.2) is 62.3 Å². The van der Waals surface area contributed by atoms with Gasteiger partial charge in [-0.25, -0.2) is 12.7 Å². The molecule has 4 rings (SSSR count). The Morgan fingerprint density at radius 2 is 1.81 bits per heavy atom. The van der Waals surface area contributed by atoms with E-state index in [1.807, 2.05) is 6.92 Å². The monoisotopic (exact) mass is 608 g/mol. The number of anilines is 1. The number of methoxy groups -OCH3 is 2. The molecule has 222 valence electrons. The molecule has 0 aliphatic rings. The van der Waals surface area contributed by atoms with Gasteiger partial charge < -0.3 is 13.9 Å². The first kappa shape index (κ1) is 30.8. The van der Waals surface area contributed by atoms with Crippen LogP contribution in [0, 0.1) is 18.3 Å². The molecule has 0 bridgehead atoms. The lowest BCUT2D eigenvalue weighted by molar-refractivity contribution is 0.391. The molecule has 13 heteroatoms. The van der Waals surface area contributed by atoms with Gasteiger partial charge in [0.25, 0.3) is 0 Å². The van der Waals surface area contributed by atoms with Crippen molar-refractivity contribution >= 4 is 24.0 Å². The number of hydrogen-bond acceptors (Lipinski definition) is 9. The lowest BCUT2D eigenvalue weighted by Crippen LogP contribution is -2.42. The maximum Gasteiger partial charge on any atom is 0.246 e. The topological polar surface area (TPSA) is 136 Å². The minimum absolute atomic E-state index is 0.0477. The van der Waals surface area contributed by atoms with Crippen molar-refractivity contribution in [3.8, 4) is 34.8 Å². The number of furan rings is 1. The third-order valence-electron chi connectivity index (χ3n) is 6.82. The first-order valence-corrected chi connectivity index (χ1v) is 18.7. The second-order valence-corrected chi connectivity index (χ2v) is 19.1. The Labute approximate surface area is 247 Å². The van der Waals surface area contributed by atoms with E-state index in [9.17, 15) is 13.7 Å². The number of nitriles is 1. The molecule has 0 amide bonds. The maximum absolute atomic E-state index is 14.5. The van der Waals surface area contributed by atoms with Crippen molar-refractivity contribution in [3.63, 3.8) is 0 Å². The molecule has 0 fully saturated rings. The first-order chi connectivity index (χ1) is 19.9. The Morgan fingerprint density at radius 1 is 1.12 bits per heavy atom. The van der Waals surface area contributed by atoms with Gasteiger partial charge in [-0.05, 0) is 55.8 Å². The standard InChI is InChI=1S/C29H36N6O5SSi/c1-20-16-22(18-30)23(31-19-20)17-21(2)41(36,37)34(13-15-42(5,6)7)29-33-32-28(26-12-9-14-40-26)35(29)27-24(38-3)10-8-11-25(27)39-4/h8-12,14,16,19,21H,13,15,17H2,1-7H3/t21-/m0/s1. The summed E-state index contributed by atoms with van der Waals surface area (Å²) >= 11 is 0. The van der Waals surface area contributed by atoms with E-state index in [4.69, 9.17) is 13.9 Å². The van der Waals surface area contributed by atoms with Crippen LogP contribution in [0.1, 0.15) is 23.7 Å². The molecule has 0 aliphatic carbocycles. The van der Waals surface area contributed by atoms with Crippen LogP contribution >= 0.6 is 0 Å². The van der Waals surface area contributed by atoms with Gasteiger partial charge in [0.1, 0.15) is 23.3 Å². The lowest BCUT2D eigenvalue weighted by Gasteiger charge is -2.29. The molecule has 0 radical (unpaired) electrons. The van der Waals surface area contributed by atoms with Crippen molar-refractivity contribution in [2.75, 3.05) is 25.1 Å². The molecule has 0 saturated heterocycles. The van der Waals surface area contributed by atoms with Gasteiger partial charge in [-0.2, -0.15) is 5.26 Å². The molecule has 11 nitrogen and oxygen atoms in total. The Hall–Kier alpha value is -4.15. The highest BCUT2D eigenvalue weighted by molar-refractivity contribution is 7.93. The number of benzene rings is 1. The average molecular weight is 609 g/mol. The Morgan fingerprint density at radius 3 is 2.38 bits per heavy atom. The summed E-state index contributed by atoms with van der Waals surface area (Å²) < 4.78 is 48.9. The van der Waals surface area contributed by atoms with Crippen LogP contribution in [0.25, 0.3) is 17.3 Å². The van der Waals surface area contributed by atoms with Crippen molar-refractivity contribution in [3.05, 3.63) is 65.7 Å².